The number of aromatic nitrogens is 3. The van der Waals surface area contributed by atoms with Crippen LogP contribution in [-0.2, 0) is 11.3 Å². The quantitative estimate of drug-likeness (QED) is 0.942. The molecule has 6 nitrogen and oxygen atoms in total. The largest absolute Gasteiger partial charge is 0.376 e. The lowest BCUT2D eigenvalue weighted by Gasteiger charge is -2.22. The highest BCUT2D eigenvalue weighted by molar-refractivity contribution is 7.12. The Labute approximate surface area is 127 Å². The number of ether oxygens (including phenoxy) is 1. The van der Waals surface area contributed by atoms with Crippen molar-refractivity contribution in [3.63, 3.8) is 0 Å². The Kier molecular flexibility index (Phi) is 4.31. The molecule has 1 N–H and O–H groups in total. The van der Waals surface area contributed by atoms with E-state index in [9.17, 15) is 4.79 Å². The average Bonchev–Trinajstić information content (AvgIpc) is 3.09. The van der Waals surface area contributed by atoms with Gasteiger partial charge >= 0.3 is 0 Å². The van der Waals surface area contributed by atoms with E-state index >= 15 is 0 Å². The van der Waals surface area contributed by atoms with E-state index in [-0.39, 0.29) is 12.0 Å². The summed E-state index contributed by atoms with van der Waals surface area (Å²) in [6.07, 6.45) is 7.15. The van der Waals surface area contributed by atoms with Crippen LogP contribution >= 0.6 is 11.3 Å². The van der Waals surface area contributed by atoms with Gasteiger partial charge in [-0.05, 0) is 26.2 Å². The van der Waals surface area contributed by atoms with E-state index < -0.39 is 0 Å². The van der Waals surface area contributed by atoms with Crippen molar-refractivity contribution in [2.45, 2.75) is 38.8 Å². The maximum atomic E-state index is 12.1. The van der Waals surface area contributed by atoms with Crippen LogP contribution in [0.1, 0.15) is 34.6 Å². The molecule has 0 bridgehead atoms. The zero-order valence-corrected chi connectivity index (χ0v) is 12.7. The summed E-state index contributed by atoms with van der Waals surface area (Å²) in [7, 11) is 0. The van der Waals surface area contributed by atoms with Crippen LogP contribution in [0.15, 0.2) is 17.9 Å². The van der Waals surface area contributed by atoms with Crippen LogP contribution in [0.25, 0.3) is 0 Å². The topological polar surface area (TPSA) is 69.0 Å². The van der Waals surface area contributed by atoms with Gasteiger partial charge < -0.3 is 10.1 Å². The summed E-state index contributed by atoms with van der Waals surface area (Å²) < 4.78 is 7.52. The van der Waals surface area contributed by atoms with Crippen LogP contribution in [-0.4, -0.2) is 33.4 Å². The second-order valence-electron chi connectivity index (χ2n) is 5.16. The fourth-order valence-electron chi connectivity index (χ4n) is 2.40. The number of thiazole rings is 1. The number of carbonyl (C=O) groups is 1. The number of anilines is 1. The molecule has 0 aliphatic carbocycles. The van der Waals surface area contributed by atoms with E-state index in [4.69, 9.17) is 4.74 Å². The molecule has 1 fully saturated rings. The molecule has 3 heterocycles. The summed E-state index contributed by atoms with van der Waals surface area (Å²) in [5, 5.41) is 7.13. The highest BCUT2D eigenvalue weighted by Crippen LogP contribution is 2.17. The van der Waals surface area contributed by atoms with Gasteiger partial charge in [-0.1, -0.05) is 0 Å². The number of carbonyl (C=O) groups excluding carboxylic acids is 1. The predicted octanol–water partition coefficient (Wildman–Crippen LogP) is 2.47. The summed E-state index contributed by atoms with van der Waals surface area (Å²) in [4.78, 5) is 16.8. The Morgan fingerprint density at radius 1 is 1.57 bits per heavy atom. The maximum Gasteiger partial charge on any atom is 0.267 e. The van der Waals surface area contributed by atoms with Crippen molar-refractivity contribution in [2.75, 3.05) is 11.9 Å². The number of hydrogen-bond acceptors (Lipinski definition) is 5. The van der Waals surface area contributed by atoms with Crippen LogP contribution in [0.5, 0.6) is 0 Å². The molecule has 1 unspecified atom stereocenters. The molecule has 1 atom stereocenters. The van der Waals surface area contributed by atoms with Crippen molar-refractivity contribution in [3.8, 4) is 0 Å². The first-order chi connectivity index (χ1) is 10.2. The number of amides is 1. The van der Waals surface area contributed by atoms with Crippen LogP contribution in [0.4, 0.5) is 5.69 Å². The lowest BCUT2D eigenvalue weighted by molar-refractivity contribution is 0.00401. The van der Waals surface area contributed by atoms with E-state index in [1.54, 1.807) is 11.7 Å². The molecule has 3 rings (SSSR count). The minimum atomic E-state index is -0.136. The van der Waals surface area contributed by atoms with E-state index in [1.165, 1.54) is 17.8 Å². The molecule has 1 saturated heterocycles. The maximum absolute atomic E-state index is 12.1. The smallest absolute Gasteiger partial charge is 0.267 e. The van der Waals surface area contributed by atoms with Gasteiger partial charge in [-0.25, -0.2) is 4.98 Å². The lowest BCUT2D eigenvalue weighted by Crippen LogP contribution is -2.24. The molecular weight excluding hydrogens is 288 g/mol. The van der Waals surface area contributed by atoms with Gasteiger partial charge in [0.2, 0.25) is 0 Å². The zero-order chi connectivity index (χ0) is 14.7. The summed E-state index contributed by atoms with van der Waals surface area (Å²) in [6.45, 7) is 3.39. The van der Waals surface area contributed by atoms with Gasteiger partial charge in [0.15, 0.2) is 0 Å². The van der Waals surface area contributed by atoms with Crippen molar-refractivity contribution in [1.29, 1.82) is 0 Å². The highest BCUT2D eigenvalue weighted by atomic mass is 32.1. The summed E-state index contributed by atoms with van der Waals surface area (Å²) >= 11 is 1.34. The van der Waals surface area contributed by atoms with Crippen molar-refractivity contribution in [1.82, 2.24) is 14.8 Å². The fraction of sp³-hybridized carbons (Fsp3) is 0.500. The summed E-state index contributed by atoms with van der Waals surface area (Å²) in [5.74, 6) is -0.136. The minimum absolute atomic E-state index is 0.136. The van der Waals surface area contributed by atoms with Crippen molar-refractivity contribution >= 4 is 22.9 Å². The van der Waals surface area contributed by atoms with E-state index in [2.05, 4.69) is 15.4 Å². The van der Waals surface area contributed by atoms with E-state index in [0.29, 0.717) is 10.6 Å². The highest BCUT2D eigenvalue weighted by Gasteiger charge is 2.16. The van der Waals surface area contributed by atoms with Gasteiger partial charge in [-0.15, -0.1) is 11.3 Å². The first kappa shape index (κ1) is 14.2. The summed E-state index contributed by atoms with van der Waals surface area (Å²) in [6, 6.07) is 0. The van der Waals surface area contributed by atoms with Crippen molar-refractivity contribution in [2.24, 2.45) is 0 Å². The SMILES string of the molecule is Cc1ncsc1C(=O)Nc1cnn(CC2CCCCO2)c1. The molecule has 1 aliphatic rings. The Bertz CT molecular complexity index is 616. The monoisotopic (exact) mass is 306 g/mol. The van der Waals surface area contributed by atoms with Gasteiger partial charge in [0, 0.05) is 12.8 Å². The van der Waals surface area contributed by atoms with Gasteiger partial charge in [-0.2, -0.15) is 5.10 Å². The molecule has 0 aromatic carbocycles. The lowest BCUT2D eigenvalue weighted by atomic mass is 10.1. The van der Waals surface area contributed by atoms with Crippen LogP contribution in [0.3, 0.4) is 0 Å². The summed E-state index contributed by atoms with van der Waals surface area (Å²) in [5.41, 5.74) is 3.12. The van der Waals surface area contributed by atoms with Crippen LogP contribution in [0.2, 0.25) is 0 Å². The third kappa shape index (κ3) is 3.48. The number of rotatable bonds is 4. The molecule has 0 radical (unpaired) electrons. The van der Waals surface area contributed by atoms with E-state index in [0.717, 1.165) is 31.7 Å². The second kappa shape index (κ2) is 6.36. The Hall–Kier alpha value is -1.73. The van der Waals surface area contributed by atoms with Crippen LogP contribution < -0.4 is 5.32 Å². The van der Waals surface area contributed by atoms with Gasteiger partial charge in [0.25, 0.3) is 5.91 Å². The molecule has 7 heteroatoms. The number of nitrogens with one attached hydrogen (secondary N) is 1. The molecule has 0 saturated carbocycles. The zero-order valence-electron chi connectivity index (χ0n) is 11.9. The molecule has 112 valence electrons. The Balaban J connectivity index is 1.60. The second-order valence-corrected chi connectivity index (χ2v) is 6.02. The first-order valence-corrected chi connectivity index (χ1v) is 7.96. The fourth-order valence-corrected chi connectivity index (χ4v) is 3.09. The molecule has 0 spiro atoms. The molecular formula is C14H18N4O2S. The minimum Gasteiger partial charge on any atom is -0.376 e. The molecule has 21 heavy (non-hydrogen) atoms. The molecule has 2 aromatic rings. The van der Waals surface area contributed by atoms with Crippen LogP contribution in [0, 0.1) is 6.92 Å². The van der Waals surface area contributed by atoms with Gasteiger partial charge in [0.1, 0.15) is 4.88 Å². The average molecular weight is 306 g/mol. The molecule has 1 amide bonds. The number of aryl methyl sites for hydroxylation is 1. The number of nitrogens with zero attached hydrogens (tertiary/aromatic N) is 3. The Morgan fingerprint density at radius 2 is 2.48 bits per heavy atom. The first-order valence-electron chi connectivity index (χ1n) is 7.08. The van der Waals surface area contributed by atoms with E-state index in [1.807, 2.05) is 17.8 Å². The van der Waals surface area contributed by atoms with Gasteiger partial charge in [0.05, 0.1) is 35.7 Å². The Morgan fingerprint density at radius 3 is 3.19 bits per heavy atom. The van der Waals surface area contributed by atoms with Crippen molar-refractivity contribution < 1.29 is 9.53 Å². The van der Waals surface area contributed by atoms with Gasteiger partial charge in [-0.3, -0.25) is 9.48 Å². The third-order valence-electron chi connectivity index (χ3n) is 3.51. The number of hydrogen-bond donors (Lipinski definition) is 1. The molecule has 1 aliphatic heterocycles. The normalized spacial score (nSPS) is 18.6. The standard InChI is InChI=1S/C14H18N4O2S/c1-10-13(21-9-15-10)14(19)17-11-6-16-18(7-11)8-12-4-2-3-5-20-12/h6-7,9,12H,2-5,8H2,1H3,(H,17,19). The molecule has 2 aromatic heterocycles. The van der Waals surface area contributed by atoms with Crippen molar-refractivity contribution in [3.05, 3.63) is 28.5 Å². The third-order valence-corrected chi connectivity index (χ3v) is 4.43. The predicted molar refractivity (Wildman–Crippen MR) is 80.6 cm³/mol.